The fourth-order valence-corrected chi connectivity index (χ4v) is 2.71. The summed E-state index contributed by atoms with van der Waals surface area (Å²) in [6.07, 6.45) is 1.61. The third-order valence-corrected chi connectivity index (χ3v) is 4.11. The number of methoxy groups -OCH3 is 1. The molecule has 3 rings (SSSR count). The maximum atomic E-state index is 14.1. The number of hydrogen-bond acceptors (Lipinski definition) is 5. The van der Waals surface area contributed by atoms with Gasteiger partial charge in [-0.1, -0.05) is 0 Å². The summed E-state index contributed by atoms with van der Waals surface area (Å²) in [4.78, 5) is 1.99. The molecule has 1 saturated heterocycles. The number of aliphatic hydroxyl groups excluding tert-OH is 1. The van der Waals surface area contributed by atoms with Crippen molar-refractivity contribution in [3.05, 3.63) is 48.2 Å². The molecule has 0 radical (unpaired) electrons. The lowest BCUT2D eigenvalue weighted by molar-refractivity contribution is -0.131. The Kier molecular flexibility index (Phi) is 4.54. The van der Waals surface area contributed by atoms with Crippen LogP contribution in [-0.4, -0.2) is 38.6 Å². The van der Waals surface area contributed by atoms with E-state index in [-0.39, 0.29) is 17.8 Å². The van der Waals surface area contributed by atoms with E-state index in [1.807, 2.05) is 17.0 Å². The molecule has 1 aliphatic rings. The van der Waals surface area contributed by atoms with Crippen LogP contribution in [0.4, 0.5) is 10.1 Å². The van der Waals surface area contributed by atoms with E-state index in [4.69, 9.17) is 13.9 Å². The number of halogens is 1. The number of hydrogen-bond donors (Lipinski definition) is 1. The van der Waals surface area contributed by atoms with Crippen LogP contribution in [0.2, 0.25) is 0 Å². The second kappa shape index (κ2) is 6.60. The smallest absolute Gasteiger partial charge is 0.167 e. The van der Waals surface area contributed by atoms with Gasteiger partial charge in [0, 0.05) is 18.3 Å². The molecule has 23 heavy (non-hydrogen) atoms. The van der Waals surface area contributed by atoms with Gasteiger partial charge < -0.3 is 23.9 Å². The van der Waals surface area contributed by atoms with Gasteiger partial charge in [-0.3, -0.25) is 0 Å². The van der Waals surface area contributed by atoms with E-state index in [0.29, 0.717) is 32.0 Å². The molecule has 0 saturated carbocycles. The van der Waals surface area contributed by atoms with E-state index in [1.54, 1.807) is 18.4 Å². The van der Waals surface area contributed by atoms with Crippen molar-refractivity contribution < 1.29 is 23.4 Å². The van der Waals surface area contributed by atoms with Gasteiger partial charge in [-0.15, -0.1) is 0 Å². The van der Waals surface area contributed by atoms with Crippen molar-refractivity contribution in [2.24, 2.45) is 5.41 Å². The van der Waals surface area contributed by atoms with E-state index in [2.05, 4.69) is 0 Å². The molecule has 2 aromatic rings. The first-order chi connectivity index (χ1) is 11.2. The predicted molar refractivity (Wildman–Crippen MR) is 83.0 cm³/mol. The maximum Gasteiger partial charge on any atom is 0.167 e. The highest BCUT2D eigenvalue weighted by atomic mass is 19.1. The third-order valence-electron chi connectivity index (χ3n) is 4.11. The largest absolute Gasteiger partial charge is 0.494 e. The van der Waals surface area contributed by atoms with Crippen LogP contribution in [-0.2, 0) is 11.3 Å². The van der Waals surface area contributed by atoms with E-state index in [9.17, 15) is 9.50 Å². The summed E-state index contributed by atoms with van der Waals surface area (Å²) >= 11 is 0. The van der Waals surface area contributed by atoms with Crippen molar-refractivity contribution in [2.45, 2.75) is 6.54 Å². The molecule has 1 fully saturated rings. The Morgan fingerprint density at radius 1 is 1.35 bits per heavy atom. The average Bonchev–Trinajstić information content (AvgIpc) is 3.02. The molecule has 124 valence electrons. The van der Waals surface area contributed by atoms with Crippen molar-refractivity contribution in [1.82, 2.24) is 0 Å². The Morgan fingerprint density at radius 3 is 2.70 bits per heavy atom. The lowest BCUT2D eigenvalue weighted by atomic mass is 9.86. The van der Waals surface area contributed by atoms with E-state index >= 15 is 0 Å². The Morgan fingerprint density at radius 2 is 2.17 bits per heavy atom. The lowest BCUT2D eigenvalue weighted by Gasteiger charge is -2.43. The van der Waals surface area contributed by atoms with E-state index in [1.165, 1.54) is 13.2 Å². The SMILES string of the molecule is COc1ccc(N(Cc2ccco2)CC2(CO)COC2)cc1F. The summed E-state index contributed by atoms with van der Waals surface area (Å²) in [5, 5.41) is 9.67. The minimum absolute atomic E-state index is 0.0281. The Bertz CT molecular complexity index is 635. The van der Waals surface area contributed by atoms with Crippen molar-refractivity contribution in [1.29, 1.82) is 0 Å². The highest BCUT2D eigenvalue weighted by Crippen LogP contribution is 2.32. The van der Waals surface area contributed by atoms with Crippen LogP contribution in [0.25, 0.3) is 0 Å². The highest BCUT2D eigenvalue weighted by Gasteiger charge is 2.40. The van der Waals surface area contributed by atoms with Gasteiger partial charge in [-0.25, -0.2) is 4.39 Å². The zero-order valence-corrected chi connectivity index (χ0v) is 13.0. The van der Waals surface area contributed by atoms with Gasteiger partial charge in [0.25, 0.3) is 0 Å². The summed E-state index contributed by atoms with van der Waals surface area (Å²) in [5.41, 5.74) is 0.391. The van der Waals surface area contributed by atoms with Crippen LogP contribution in [0.3, 0.4) is 0 Å². The molecule has 5 nitrogen and oxygen atoms in total. The monoisotopic (exact) mass is 321 g/mol. The molecule has 6 heteroatoms. The van der Waals surface area contributed by atoms with Crippen LogP contribution in [0.1, 0.15) is 5.76 Å². The van der Waals surface area contributed by atoms with Crippen molar-refractivity contribution >= 4 is 5.69 Å². The molecular formula is C17H20FNO4. The van der Waals surface area contributed by atoms with Gasteiger partial charge in [-0.05, 0) is 24.3 Å². The average molecular weight is 321 g/mol. The Labute approximate surface area is 134 Å². The number of rotatable bonds is 7. The summed E-state index contributed by atoms with van der Waals surface area (Å²) in [6.45, 7) is 2.06. The zero-order valence-electron chi connectivity index (χ0n) is 13.0. The minimum Gasteiger partial charge on any atom is -0.494 e. The van der Waals surface area contributed by atoms with Crippen LogP contribution in [0.5, 0.6) is 5.75 Å². The molecule has 0 spiro atoms. The molecule has 1 aromatic carbocycles. The second-order valence-electron chi connectivity index (χ2n) is 5.91. The van der Waals surface area contributed by atoms with E-state index in [0.717, 1.165) is 5.76 Å². The van der Waals surface area contributed by atoms with Crippen molar-refractivity contribution in [3.63, 3.8) is 0 Å². The van der Waals surface area contributed by atoms with Gasteiger partial charge in [0.1, 0.15) is 5.76 Å². The summed E-state index contributed by atoms with van der Waals surface area (Å²) in [5.74, 6) is 0.558. The molecule has 0 amide bonds. The first-order valence-corrected chi connectivity index (χ1v) is 7.45. The van der Waals surface area contributed by atoms with E-state index < -0.39 is 5.82 Å². The van der Waals surface area contributed by atoms with Crippen molar-refractivity contribution in [3.8, 4) is 5.75 Å². The molecule has 1 aromatic heterocycles. The number of ether oxygens (including phenoxy) is 2. The first kappa shape index (κ1) is 15.8. The standard InChI is InChI=1S/C17H20FNO4/c1-21-16-5-4-13(7-15(16)18)19(8-14-3-2-6-23-14)9-17(10-20)11-22-12-17/h2-7,20H,8-12H2,1H3. The number of benzene rings is 1. The molecule has 0 atom stereocenters. The molecule has 0 aliphatic carbocycles. The number of anilines is 1. The van der Waals surface area contributed by atoms with Gasteiger partial charge >= 0.3 is 0 Å². The van der Waals surface area contributed by atoms with Crippen LogP contribution < -0.4 is 9.64 Å². The van der Waals surface area contributed by atoms with Gasteiger partial charge in [-0.2, -0.15) is 0 Å². The fourth-order valence-electron chi connectivity index (χ4n) is 2.71. The normalized spacial score (nSPS) is 16.0. The predicted octanol–water partition coefficient (Wildman–Crippen LogP) is 2.44. The number of aliphatic hydroxyl groups is 1. The van der Waals surface area contributed by atoms with Gasteiger partial charge in [0.2, 0.25) is 0 Å². The zero-order chi connectivity index (χ0) is 16.3. The summed E-state index contributed by atoms with van der Waals surface area (Å²) < 4.78 is 29.7. The third kappa shape index (κ3) is 3.33. The molecule has 1 N–H and O–H groups in total. The first-order valence-electron chi connectivity index (χ1n) is 7.45. The second-order valence-corrected chi connectivity index (χ2v) is 5.91. The number of nitrogens with zero attached hydrogens (tertiary/aromatic N) is 1. The van der Waals surface area contributed by atoms with Crippen LogP contribution in [0, 0.1) is 11.2 Å². The Hall–Kier alpha value is -2.05. The van der Waals surface area contributed by atoms with Gasteiger partial charge in [0.15, 0.2) is 11.6 Å². The maximum absolute atomic E-state index is 14.1. The molecule has 2 heterocycles. The van der Waals surface area contributed by atoms with Crippen LogP contribution in [0.15, 0.2) is 41.0 Å². The number of furan rings is 1. The van der Waals surface area contributed by atoms with Crippen LogP contribution >= 0.6 is 0 Å². The van der Waals surface area contributed by atoms with Gasteiger partial charge in [0.05, 0.1) is 45.2 Å². The molecular weight excluding hydrogens is 301 g/mol. The fraction of sp³-hybridized carbons (Fsp3) is 0.412. The summed E-state index contributed by atoms with van der Waals surface area (Å²) in [6, 6.07) is 8.52. The minimum atomic E-state index is -0.419. The Balaban J connectivity index is 1.86. The summed E-state index contributed by atoms with van der Waals surface area (Å²) in [7, 11) is 1.44. The highest BCUT2D eigenvalue weighted by molar-refractivity contribution is 5.50. The lowest BCUT2D eigenvalue weighted by Crippen LogP contribution is -2.53. The van der Waals surface area contributed by atoms with Crippen molar-refractivity contribution in [2.75, 3.05) is 38.4 Å². The molecule has 0 bridgehead atoms. The molecule has 1 aliphatic heterocycles. The quantitative estimate of drug-likeness (QED) is 0.849. The molecule has 0 unspecified atom stereocenters. The topological polar surface area (TPSA) is 55.1 Å².